The van der Waals surface area contributed by atoms with Crippen LogP contribution in [-0.2, 0) is 20.6 Å². The van der Waals surface area contributed by atoms with Gasteiger partial charge in [-0.25, -0.2) is 4.79 Å². The number of hydrogen-bond donors (Lipinski definition) is 1. The molecule has 0 aliphatic carbocycles. The Morgan fingerprint density at radius 1 is 1.10 bits per heavy atom. The van der Waals surface area contributed by atoms with Crippen LogP contribution in [0.15, 0.2) is 12.1 Å². The Morgan fingerprint density at radius 3 is 2.16 bits per heavy atom. The molecule has 0 bridgehead atoms. The number of hydrogen-bond acceptors (Lipinski definition) is 6. The van der Waals surface area contributed by atoms with Gasteiger partial charge in [-0.3, -0.25) is 4.90 Å². The van der Waals surface area contributed by atoms with Crippen LogP contribution in [-0.4, -0.2) is 66.0 Å². The molecule has 2 saturated heterocycles. The summed E-state index contributed by atoms with van der Waals surface area (Å²) in [5.41, 5.74) is 8.99. The monoisotopic (exact) mass is 431 g/mol. The van der Waals surface area contributed by atoms with Crippen molar-refractivity contribution < 1.29 is 18.8 Å². The van der Waals surface area contributed by atoms with Crippen LogP contribution >= 0.6 is 0 Å². The van der Waals surface area contributed by atoms with E-state index in [1.54, 1.807) is 4.90 Å². The fourth-order valence-electron chi connectivity index (χ4n) is 3.86. The summed E-state index contributed by atoms with van der Waals surface area (Å²) >= 11 is 0. The maximum atomic E-state index is 12.3. The minimum Gasteiger partial charge on any atom is -0.444 e. The van der Waals surface area contributed by atoms with Crippen LogP contribution in [0.2, 0.25) is 0 Å². The number of carbonyl (C=O) groups is 1. The smallest absolute Gasteiger partial charge is 0.444 e. The number of nitrogen functional groups attached to an aromatic ring is 1. The van der Waals surface area contributed by atoms with Crippen molar-refractivity contribution in [2.75, 3.05) is 31.9 Å². The molecule has 1 aromatic rings. The molecule has 3 rings (SSSR count). The summed E-state index contributed by atoms with van der Waals surface area (Å²) in [5, 5.41) is 0. The second-order valence-corrected chi connectivity index (χ2v) is 10.7. The maximum Gasteiger partial charge on any atom is 0.495 e. The van der Waals surface area contributed by atoms with Crippen molar-refractivity contribution in [3.63, 3.8) is 0 Å². The highest BCUT2D eigenvalue weighted by Crippen LogP contribution is 2.37. The van der Waals surface area contributed by atoms with Gasteiger partial charge in [0.05, 0.1) is 11.2 Å². The molecule has 2 aliphatic rings. The first-order valence-corrected chi connectivity index (χ1v) is 11.1. The highest BCUT2D eigenvalue weighted by molar-refractivity contribution is 6.62. The second kappa shape index (κ2) is 8.30. The molecule has 0 saturated carbocycles. The largest absolute Gasteiger partial charge is 0.495 e. The third-order valence-corrected chi connectivity index (χ3v) is 6.50. The van der Waals surface area contributed by atoms with E-state index in [2.05, 4.69) is 39.5 Å². The Bertz CT molecular complexity index is 811. The van der Waals surface area contributed by atoms with Crippen molar-refractivity contribution in [2.24, 2.45) is 0 Å². The summed E-state index contributed by atoms with van der Waals surface area (Å²) in [4.78, 5) is 16.4. The first-order valence-electron chi connectivity index (χ1n) is 11.1. The normalized spacial score (nSPS) is 21.4. The van der Waals surface area contributed by atoms with Gasteiger partial charge in [0.1, 0.15) is 5.60 Å². The van der Waals surface area contributed by atoms with E-state index in [9.17, 15) is 4.79 Å². The molecular formula is C23H38BN3O4. The van der Waals surface area contributed by atoms with E-state index in [1.807, 2.05) is 32.9 Å². The number of benzene rings is 1. The number of amides is 1. The molecule has 0 spiro atoms. The molecule has 31 heavy (non-hydrogen) atoms. The Kier molecular flexibility index (Phi) is 6.40. The van der Waals surface area contributed by atoms with E-state index in [0.29, 0.717) is 18.8 Å². The fourth-order valence-corrected chi connectivity index (χ4v) is 3.86. The summed E-state index contributed by atoms with van der Waals surface area (Å²) < 4.78 is 18.0. The number of carbonyl (C=O) groups excluding carboxylic acids is 1. The number of anilines is 1. The molecule has 172 valence electrons. The number of piperazine rings is 1. The highest BCUT2D eigenvalue weighted by atomic mass is 16.7. The van der Waals surface area contributed by atoms with E-state index in [-0.39, 0.29) is 6.09 Å². The standard InChI is InChI=1S/C23H38BN3O4/c1-16-17(15-26-9-11-27(12-10-26)20(28)29-21(2,3)4)13-18(25)14-19(16)24-30-22(5,6)23(7,8)31-24/h13-14H,9-12,15,25H2,1-8H3. The molecule has 1 aromatic carbocycles. The van der Waals surface area contributed by atoms with Gasteiger partial charge >= 0.3 is 13.2 Å². The van der Waals surface area contributed by atoms with Gasteiger partial charge in [-0.05, 0) is 84.1 Å². The molecule has 2 N–H and O–H groups in total. The van der Waals surface area contributed by atoms with E-state index in [1.165, 1.54) is 0 Å². The lowest BCUT2D eigenvalue weighted by atomic mass is 9.74. The molecule has 0 radical (unpaired) electrons. The molecule has 2 fully saturated rings. The Morgan fingerprint density at radius 2 is 1.65 bits per heavy atom. The maximum absolute atomic E-state index is 12.3. The predicted octanol–water partition coefficient (Wildman–Crippen LogP) is 2.93. The summed E-state index contributed by atoms with van der Waals surface area (Å²) in [5.74, 6) is 0. The first kappa shape index (κ1) is 23.9. The highest BCUT2D eigenvalue weighted by Gasteiger charge is 2.52. The van der Waals surface area contributed by atoms with Gasteiger partial charge in [-0.2, -0.15) is 0 Å². The Hall–Kier alpha value is -1.77. The first-order chi connectivity index (χ1) is 14.2. The molecule has 1 amide bonds. The van der Waals surface area contributed by atoms with Crippen LogP contribution < -0.4 is 11.2 Å². The summed E-state index contributed by atoms with van der Waals surface area (Å²) in [6, 6.07) is 3.99. The summed E-state index contributed by atoms with van der Waals surface area (Å²) in [7, 11) is -0.434. The average molecular weight is 431 g/mol. The van der Waals surface area contributed by atoms with E-state index in [0.717, 1.165) is 36.2 Å². The molecule has 0 aromatic heterocycles. The van der Waals surface area contributed by atoms with E-state index < -0.39 is 23.9 Å². The van der Waals surface area contributed by atoms with Gasteiger partial charge in [0.15, 0.2) is 0 Å². The van der Waals surface area contributed by atoms with Gasteiger partial charge in [0, 0.05) is 38.4 Å². The number of nitrogens with zero attached hydrogens (tertiary/aromatic N) is 2. The topological polar surface area (TPSA) is 77.3 Å². The third kappa shape index (κ3) is 5.36. The van der Waals surface area contributed by atoms with Crippen molar-refractivity contribution in [3.05, 3.63) is 23.3 Å². The molecule has 2 heterocycles. The van der Waals surface area contributed by atoms with Crippen LogP contribution in [0.25, 0.3) is 0 Å². The Balaban J connectivity index is 1.68. The Labute approximate surface area is 187 Å². The van der Waals surface area contributed by atoms with Crippen molar-refractivity contribution in [2.45, 2.75) is 78.7 Å². The van der Waals surface area contributed by atoms with Crippen molar-refractivity contribution in [1.29, 1.82) is 0 Å². The average Bonchev–Trinajstić information content (AvgIpc) is 2.84. The molecule has 0 unspecified atom stereocenters. The van der Waals surface area contributed by atoms with Gasteiger partial charge in [0.2, 0.25) is 0 Å². The van der Waals surface area contributed by atoms with Gasteiger partial charge in [0.25, 0.3) is 0 Å². The number of ether oxygens (including phenoxy) is 1. The lowest BCUT2D eigenvalue weighted by molar-refractivity contribution is 0.00578. The van der Waals surface area contributed by atoms with Crippen LogP contribution in [0, 0.1) is 6.92 Å². The fraction of sp³-hybridized carbons (Fsp3) is 0.696. The lowest BCUT2D eigenvalue weighted by Crippen LogP contribution is -2.49. The van der Waals surface area contributed by atoms with Gasteiger partial charge in [-0.1, -0.05) is 0 Å². The zero-order valence-electron chi connectivity index (χ0n) is 20.4. The van der Waals surface area contributed by atoms with E-state index in [4.69, 9.17) is 19.8 Å². The zero-order chi connectivity index (χ0) is 23.2. The third-order valence-electron chi connectivity index (χ3n) is 6.50. The van der Waals surface area contributed by atoms with Crippen molar-refractivity contribution in [3.8, 4) is 0 Å². The molecule has 8 heteroatoms. The van der Waals surface area contributed by atoms with Crippen molar-refractivity contribution in [1.82, 2.24) is 9.80 Å². The lowest BCUT2D eigenvalue weighted by Gasteiger charge is -2.36. The van der Waals surface area contributed by atoms with Crippen LogP contribution in [0.3, 0.4) is 0 Å². The van der Waals surface area contributed by atoms with Gasteiger partial charge < -0.3 is 24.7 Å². The number of nitrogens with two attached hydrogens (primary N) is 1. The molecule has 7 nitrogen and oxygen atoms in total. The quantitative estimate of drug-likeness (QED) is 0.586. The SMILES string of the molecule is Cc1c(CN2CCN(C(=O)OC(C)(C)C)CC2)cc(N)cc1B1OC(C)(C)C(C)(C)O1. The zero-order valence-corrected chi connectivity index (χ0v) is 20.4. The minimum absolute atomic E-state index is 0.240. The minimum atomic E-state index is -0.475. The van der Waals surface area contributed by atoms with Gasteiger partial charge in [-0.15, -0.1) is 0 Å². The molecule has 0 atom stereocenters. The number of rotatable bonds is 3. The predicted molar refractivity (Wildman–Crippen MR) is 124 cm³/mol. The second-order valence-electron chi connectivity index (χ2n) is 10.7. The molecule has 2 aliphatic heterocycles. The van der Waals surface area contributed by atoms with Crippen LogP contribution in [0.5, 0.6) is 0 Å². The van der Waals surface area contributed by atoms with Crippen LogP contribution in [0.4, 0.5) is 10.5 Å². The van der Waals surface area contributed by atoms with Crippen molar-refractivity contribution >= 4 is 24.4 Å². The van der Waals surface area contributed by atoms with E-state index >= 15 is 0 Å². The van der Waals surface area contributed by atoms with Crippen LogP contribution in [0.1, 0.15) is 59.6 Å². The summed E-state index contributed by atoms with van der Waals surface area (Å²) in [6.45, 7) is 19.7. The summed E-state index contributed by atoms with van der Waals surface area (Å²) in [6.07, 6.45) is -0.240. The molecular weight excluding hydrogens is 393 g/mol.